The number of hydrogen-bond acceptors (Lipinski definition) is 3. The van der Waals surface area contributed by atoms with E-state index in [2.05, 4.69) is 36.1 Å². The SMILES string of the molecule is CC1CN(Cc2ccccc2)CCN1C(=O)OCc1ccccc1. The quantitative estimate of drug-likeness (QED) is 0.862. The molecule has 1 saturated heterocycles. The fourth-order valence-corrected chi connectivity index (χ4v) is 3.09. The highest BCUT2D eigenvalue weighted by molar-refractivity contribution is 5.68. The summed E-state index contributed by atoms with van der Waals surface area (Å²) in [6.45, 7) is 5.80. The molecule has 0 aliphatic carbocycles. The molecule has 0 aromatic heterocycles. The zero-order chi connectivity index (χ0) is 16.8. The Bertz CT molecular complexity index is 645. The zero-order valence-electron chi connectivity index (χ0n) is 14.1. The van der Waals surface area contributed by atoms with Crippen LogP contribution < -0.4 is 0 Å². The first-order chi connectivity index (χ1) is 11.7. The van der Waals surface area contributed by atoms with Gasteiger partial charge in [0.05, 0.1) is 0 Å². The molecular formula is C20H24N2O2. The van der Waals surface area contributed by atoms with E-state index in [9.17, 15) is 4.79 Å². The summed E-state index contributed by atoms with van der Waals surface area (Å²) in [5, 5.41) is 0. The van der Waals surface area contributed by atoms with Gasteiger partial charge in [-0.25, -0.2) is 4.79 Å². The summed E-state index contributed by atoms with van der Waals surface area (Å²) in [7, 11) is 0. The predicted molar refractivity (Wildman–Crippen MR) is 94.5 cm³/mol. The Kier molecular flexibility index (Phi) is 5.49. The van der Waals surface area contributed by atoms with Gasteiger partial charge in [0, 0.05) is 32.2 Å². The molecule has 2 aromatic rings. The highest BCUT2D eigenvalue weighted by Gasteiger charge is 2.28. The van der Waals surface area contributed by atoms with Crippen molar-refractivity contribution in [3.8, 4) is 0 Å². The summed E-state index contributed by atoms with van der Waals surface area (Å²) in [5.41, 5.74) is 2.33. The Morgan fingerprint density at radius 1 is 1.00 bits per heavy atom. The van der Waals surface area contributed by atoms with E-state index >= 15 is 0 Å². The molecule has 0 bridgehead atoms. The summed E-state index contributed by atoms with van der Waals surface area (Å²) < 4.78 is 5.46. The van der Waals surface area contributed by atoms with Crippen molar-refractivity contribution >= 4 is 6.09 Å². The summed E-state index contributed by atoms with van der Waals surface area (Å²) >= 11 is 0. The van der Waals surface area contributed by atoms with Crippen LogP contribution in [0.5, 0.6) is 0 Å². The van der Waals surface area contributed by atoms with E-state index < -0.39 is 0 Å². The van der Waals surface area contributed by atoms with Gasteiger partial charge in [-0.15, -0.1) is 0 Å². The highest BCUT2D eigenvalue weighted by Crippen LogP contribution is 2.15. The van der Waals surface area contributed by atoms with Crippen LogP contribution in [0.4, 0.5) is 4.79 Å². The number of carbonyl (C=O) groups excluding carboxylic acids is 1. The molecule has 24 heavy (non-hydrogen) atoms. The van der Waals surface area contributed by atoms with E-state index in [1.807, 2.05) is 41.3 Å². The molecular weight excluding hydrogens is 300 g/mol. The topological polar surface area (TPSA) is 32.8 Å². The lowest BCUT2D eigenvalue weighted by molar-refractivity contribution is 0.0458. The molecule has 126 valence electrons. The van der Waals surface area contributed by atoms with Crippen LogP contribution in [0.15, 0.2) is 60.7 Å². The Morgan fingerprint density at radius 2 is 1.62 bits per heavy atom. The smallest absolute Gasteiger partial charge is 0.410 e. The summed E-state index contributed by atoms with van der Waals surface area (Å²) in [6, 6.07) is 20.4. The summed E-state index contributed by atoms with van der Waals surface area (Å²) in [5.74, 6) is 0. The van der Waals surface area contributed by atoms with Crippen molar-refractivity contribution in [1.82, 2.24) is 9.80 Å². The minimum absolute atomic E-state index is 0.158. The molecule has 4 heteroatoms. The van der Waals surface area contributed by atoms with Crippen LogP contribution in [0.25, 0.3) is 0 Å². The van der Waals surface area contributed by atoms with Crippen molar-refractivity contribution in [3.05, 3.63) is 71.8 Å². The van der Waals surface area contributed by atoms with E-state index in [4.69, 9.17) is 4.74 Å². The van der Waals surface area contributed by atoms with Crippen molar-refractivity contribution in [2.75, 3.05) is 19.6 Å². The highest BCUT2D eigenvalue weighted by atomic mass is 16.6. The fourth-order valence-electron chi connectivity index (χ4n) is 3.09. The summed E-state index contributed by atoms with van der Waals surface area (Å²) in [4.78, 5) is 16.6. The van der Waals surface area contributed by atoms with Crippen molar-refractivity contribution in [1.29, 1.82) is 0 Å². The molecule has 1 aliphatic rings. The van der Waals surface area contributed by atoms with Gasteiger partial charge in [0.25, 0.3) is 0 Å². The molecule has 4 nitrogen and oxygen atoms in total. The zero-order valence-corrected chi connectivity index (χ0v) is 14.1. The first kappa shape index (κ1) is 16.5. The third-order valence-electron chi connectivity index (χ3n) is 4.40. The standard InChI is InChI=1S/C20H24N2O2/c1-17-14-21(15-18-8-4-2-5-9-18)12-13-22(17)20(23)24-16-19-10-6-3-7-11-19/h2-11,17H,12-16H2,1H3. The second-order valence-corrected chi connectivity index (χ2v) is 6.30. The van der Waals surface area contributed by atoms with Crippen LogP contribution >= 0.6 is 0 Å². The van der Waals surface area contributed by atoms with Gasteiger partial charge in [-0.05, 0) is 18.1 Å². The van der Waals surface area contributed by atoms with E-state index in [0.717, 1.165) is 25.2 Å². The van der Waals surface area contributed by atoms with Crippen LogP contribution in [0, 0.1) is 0 Å². The molecule has 0 spiro atoms. The van der Waals surface area contributed by atoms with Gasteiger partial charge in [-0.1, -0.05) is 60.7 Å². The van der Waals surface area contributed by atoms with Gasteiger partial charge in [-0.3, -0.25) is 4.90 Å². The van der Waals surface area contributed by atoms with Gasteiger partial charge in [0.15, 0.2) is 0 Å². The second kappa shape index (κ2) is 7.97. The number of rotatable bonds is 4. The van der Waals surface area contributed by atoms with Crippen LogP contribution in [0.2, 0.25) is 0 Å². The van der Waals surface area contributed by atoms with Crippen molar-refractivity contribution in [2.45, 2.75) is 26.1 Å². The van der Waals surface area contributed by atoms with Crippen molar-refractivity contribution in [3.63, 3.8) is 0 Å². The molecule has 2 aromatic carbocycles. The number of ether oxygens (including phenoxy) is 1. The molecule has 0 radical (unpaired) electrons. The molecule has 1 atom stereocenters. The van der Waals surface area contributed by atoms with Crippen LogP contribution in [-0.2, 0) is 17.9 Å². The number of nitrogens with zero attached hydrogens (tertiary/aromatic N) is 2. The number of amides is 1. The molecule has 0 saturated carbocycles. The van der Waals surface area contributed by atoms with E-state index in [0.29, 0.717) is 13.2 Å². The van der Waals surface area contributed by atoms with Gasteiger partial charge < -0.3 is 9.64 Å². The monoisotopic (exact) mass is 324 g/mol. The average molecular weight is 324 g/mol. The fraction of sp³-hybridized carbons (Fsp3) is 0.350. The summed E-state index contributed by atoms with van der Waals surface area (Å²) in [6.07, 6.45) is -0.217. The Balaban J connectivity index is 1.49. The number of carbonyl (C=O) groups is 1. The first-order valence-electron chi connectivity index (χ1n) is 8.46. The molecule has 1 unspecified atom stereocenters. The maximum absolute atomic E-state index is 12.3. The lowest BCUT2D eigenvalue weighted by atomic mass is 10.1. The Morgan fingerprint density at radius 3 is 2.25 bits per heavy atom. The third-order valence-corrected chi connectivity index (χ3v) is 4.40. The minimum atomic E-state index is -0.217. The van der Waals surface area contributed by atoms with Gasteiger partial charge in [-0.2, -0.15) is 0 Å². The van der Waals surface area contributed by atoms with Crippen LogP contribution in [0.3, 0.4) is 0 Å². The Labute approximate surface area is 143 Å². The van der Waals surface area contributed by atoms with Crippen LogP contribution in [-0.4, -0.2) is 41.6 Å². The normalized spacial score (nSPS) is 18.4. The van der Waals surface area contributed by atoms with Crippen molar-refractivity contribution < 1.29 is 9.53 Å². The van der Waals surface area contributed by atoms with Gasteiger partial charge >= 0.3 is 6.09 Å². The van der Waals surface area contributed by atoms with Gasteiger partial charge in [0.2, 0.25) is 0 Å². The second-order valence-electron chi connectivity index (χ2n) is 6.30. The lowest BCUT2D eigenvalue weighted by Crippen LogP contribution is -2.53. The molecule has 0 N–H and O–H groups in total. The maximum atomic E-state index is 12.3. The van der Waals surface area contributed by atoms with E-state index in [1.54, 1.807) is 0 Å². The maximum Gasteiger partial charge on any atom is 0.410 e. The molecule has 1 fully saturated rings. The number of benzene rings is 2. The van der Waals surface area contributed by atoms with E-state index in [-0.39, 0.29) is 12.1 Å². The van der Waals surface area contributed by atoms with Crippen molar-refractivity contribution in [2.24, 2.45) is 0 Å². The molecule has 3 rings (SSSR count). The average Bonchev–Trinajstić information content (AvgIpc) is 2.61. The third kappa shape index (κ3) is 4.36. The van der Waals surface area contributed by atoms with E-state index in [1.165, 1.54) is 5.56 Å². The largest absolute Gasteiger partial charge is 0.445 e. The lowest BCUT2D eigenvalue weighted by Gasteiger charge is -2.39. The first-order valence-corrected chi connectivity index (χ1v) is 8.46. The number of piperazine rings is 1. The predicted octanol–water partition coefficient (Wildman–Crippen LogP) is 3.53. The van der Waals surface area contributed by atoms with Gasteiger partial charge in [0.1, 0.15) is 6.61 Å². The molecule has 1 aliphatic heterocycles. The number of hydrogen-bond donors (Lipinski definition) is 0. The minimum Gasteiger partial charge on any atom is -0.445 e. The molecule has 1 heterocycles. The molecule has 1 amide bonds. The Hall–Kier alpha value is -2.33. The van der Waals surface area contributed by atoms with Crippen LogP contribution in [0.1, 0.15) is 18.1 Å².